The second kappa shape index (κ2) is 6.53. The highest BCUT2D eigenvalue weighted by molar-refractivity contribution is 5.82. The van der Waals surface area contributed by atoms with Crippen LogP contribution in [-0.4, -0.2) is 11.8 Å². The van der Waals surface area contributed by atoms with Gasteiger partial charge in [0.05, 0.1) is 0 Å². The van der Waals surface area contributed by atoms with E-state index in [9.17, 15) is 4.79 Å². The van der Waals surface area contributed by atoms with Crippen LogP contribution in [0, 0.1) is 26.2 Å². The molecule has 112 valence electrons. The first-order valence-corrected chi connectivity index (χ1v) is 7.42. The molecule has 0 radical (unpaired) electrons. The molecule has 0 aliphatic carbocycles. The van der Waals surface area contributed by atoms with Crippen molar-refractivity contribution in [2.24, 2.45) is 11.1 Å². The lowest BCUT2D eigenvalue weighted by Crippen LogP contribution is -2.29. The smallest absolute Gasteiger partial charge is 0.138 e. The average Bonchev–Trinajstić information content (AvgIpc) is 2.20. The van der Waals surface area contributed by atoms with Gasteiger partial charge in [-0.25, -0.2) is 0 Å². The second-order valence-electron chi connectivity index (χ2n) is 7.32. The minimum atomic E-state index is -0.0337. The number of carbonyl (C=O) groups is 1. The second-order valence-corrected chi connectivity index (χ2v) is 7.32. The van der Waals surface area contributed by atoms with E-state index in [1.54, 1.807) is 0 Å². The highest BCUT2D eigenvalue weighted by Crippen LogP contribution is 2.22. The fraction of sp³-hybridized carbons (Fsp3) is 0.611. The van der Waals surface area contributed by atoms with Gasteiger partial charge in [-0.05, 0) is 49.3 Å². The van der Waals surface area contributed by atoms with Crippen molar-refractivity contribution in [3.63, 3.8) is 0 Å². The molecular formula is C18H29NO. The summed E-state index contributed by atoms with van der Waals surface area (Å²) in [6.07, 6.45) is 1.87. The fourth-order valence-corrected chi connectivity index (χ4v) is 2.91. The van der Waals surface area contributed by atoms with E-state index in [1.165, 1.54) is 22.3 Å². The van der Waals surface area contributed by atoms with Gasteiger partial charge in [0.25, 0.3) is 0 Å². The van der Waals surface area contributed by atoms with E-state index in [2.05, 4.69) is 53.7 Å². The molecule has 20 heavy (non-hydrogen) atoms. The van der Waals surface area contributed by atoms with Crippen molar-refractivity contribution < 1.29 is 4.79 Å². The Labute approximate surface area is 123 Å². The summed E-state index contributed by atoms with van der Waals surface area (Å²) in [7, 11) is 0. The Hall–Kier alpha value is -1.15. The van der Waals surface area contributed by atoms with Crippen LogP contribution in [0.15, 0.2) is 12.1 Å². The Morgan fingerprint density at radius 1 is 1.15 bits per heavy atom. The third kappa shape index (κ3) is 5.46. The number of carbonyl (C=O) groups excluding carboxylic acids is 1. The Morgan fingerprint density at radius 3 is 2.10 bits per heavy atom. The van der Waals surface area contributed by atoms with Gasteiger partial charge in [-0.1, -0.05) is 38.5 Å². The topological polar surface area (TPSA) is 43.1 Å². The molecule has 0 saturated heterocycles. The first-order valence-electron chi connectivity index (χ1n) is 7.42. The van der Waals surface area contributed by atoms with Gasteiger partial charge < -0.3 is 5.73 Å². The number of ketones is 1. The maximum absolute atomic E-state index is 12.2. The lowest BCUT2D eigenvalue weighted by Gasteiger charge is -2.22. The van der Waals surface area contributed by atoms with Crippen LogP contribution in [0.4, 0.5) is 0 Å². The molecule has 0 saturated carbocycles. The molecule has 0 spiro atoms. The summed E-state index contributed by atoms with van der Waals surface area (Å²) in [6, 6.07) is 4.25. The largest absolute Gasteiger partial charge is 0.327 e. The lowest BCUT2D eigenvalue weighted by atomic mass is 9.86. The van der Waals surface area contributed by atoms with Crippen LogP contribution in [0.1, 0.15) is 55.9 Å². The van der Waals surface area contributed by atoms with Crippen molar-refractivity contribution in [1.29, 1.82) is 0 Å². The van der Waals surface area contributed by atoms with E-state index >= 15 is 0 Å². The van der Waals surface area contributed by atoms with Crippen molar-refractivity contribution in [1.82, 2.24) is 0 Å². The quantitative estimate of drug-likeness (QED) is 0.886. The summed E-state index contributed by atoms with van der Waals surface area (Å²) in [5.41, 5.74) is 11.1. The Morgan fingerprint density at radius 2 is 1.65 bits per heavy atom. The summed E-state index contributed by atoms with van der Waals surface area (Å²) in [6.45, 7) is 12.7. The van der Waals surface area contributed by atoms with Gasteiger partial charge in [-0.2, -0.15) is 0 Å². The van der Waals surface area contributed by atoms with Crippen LogP contribution < -0.4 is 5.73 Å². The molecule has 0 amide bonds. The van der Waals surface area contributed by atoms with Gasteiger partial charge in [-0.15, -0.1) is 0 Å². The van der Waals surface area contributed by atoms with Crippen molar-refractivity contribution >= 4 is 5.78 Å². The third-order valence-corrected chi connectivity index (χ3v) is 3.58. The molecule has 1 aromatic carbocycles. The van der Waals surface area contributed by atoms with E-state index < -0.39 is 0 Å². The summed E-state index contributed by atoms with van der Waals surface area (Å²) in [5, 5.41) is 0. The SMILES string of the molecule is Cc1cc(C)c(CC(=O)CC(N)CC(C)(C)C)c(C)c1. The summed E-state index contributed by atoms with van der Waals surface area (Å²) in [5.74, 6) is 0.247. The summed E-state index contributed by atoms with van der Waals surface area (Å²) >= 11 is 0. The lowest BCUT2D eigenvalue weighted by molar-refractivity contribution is -0.118. The van der Waals surface area contributed by atoms with Crippen LogP contribution >= 0.6 is 0 Å². The van der Waals surface area contributed by atoms with Gasteiger partial charge in [0.2, 0.25) is 0 Å². The van der Waals surface area contributed by atoms with Crippen molar-refractivity contribution in [3.8, 4) is 0 Å². The molecule has 1 aromatic rings. The minimum Gasteiger partial charge on any atom is -0.327 e. The highest BCUT2D eigenvalue weighted by Gasteiger charge is 2.19. The number of benzene rings is 1. The molecule has 1 atom stereocenters. The molecule has 1 unspecified atom stereocenters. The van der Waals surface area contributed by atoms with Crippen LogP contribution in [0.5, 0.6) is 0 Å². The molecule has 0 aliphatic heterocycles. The molecule has 0 bridgehead atoms. The molecule has 2 N–H and O–H groups in total. The van der Waals surface area contributed by atoms with Crippen LogP contribution in [0.3, 0.4) is 0 Å². The van der Waals surface area contributed by atoms with E-state index in [0.29, 0.717) is 12.8 Å². The number of hydrogen-bond donors (Lipinski definition) is 1. The zero-order valence-electron chi connectivity index (χ0n) is 13.8. The van der Waals surface area contributed by atoms with Gasteiger partial charge in [-0.3, -0.25) is 4.79 Å². The fourth-order valence-electron chi connectivity index (χ4n) is 2.91. The molecule has 0 aromatic heterocycles. The molecule has 2 heteroatoms. The normalized spacial score (nSPS) is 13.3. The molecule has 0 heterocycles. The molecule has 0 fully saturated rings. The molecule has 1 rings (SSSR count). The van der Waals surface area contributed by atoms with E-state index in [0.717, 1.165) is 6.42 Å². The predicted octanol–water partition coefficient (Wildman–Crippen LogP) is 3.88. The number of nitrogens with two attached hydrogens (primary N) is 1. The standard InChI is InChI=1S/C18H29NO/c1-12-7-13(2)17(14(3)8-12)10-16(20)9-15(19)11-18(4,5)6/h7-8,15H,9-11,19H2,1-6H3. The van der Waals surface area contributed by atoms with Crippen molar-refractivity contribution in [3.05, 3.63) is 34.4 Å². The number of rotatable bonds is 5. The molecule has 0 aliphatic rings. The van der Waals surface area contributed by atoms with Crippen molar-refractivity contribution in [2.45, 2.75) is 66.8 Å². The van der Waals surface area contributed by atoms with Crippen LogP contribution in [0.25, 0.3) is 0 Å². The van der Waals surface area contributed by atoms with Gasteiger partial charge in [0.1, 0.15) is 5.78 Å². The third-order valence-electron chi connectivity index (χ3n) is 3.58. The maximum Gasteiger partial charge on any atom is 0.138 e. The number of aryl methyl sites for hydroxylation is 3. The Balaban J connectivity index is 2.68. The zero-order chi connectivity index (χ0) is 15.5. The maximum atomic E-state index is 12.2. The van der Waals surface area contributed by atoms with Gasteiger partial charge in [0, 0.05) is 18.9 Å². The first-order chi connectivity index (χ1) is 9.08. The highest BCUT2D eigenvalue weighted by atomic mass is 16.1. The Bertz CT molecular complexity index is 460. The monoisotopic (exact) mass is 275 g/mol. The summed E-state index contributed by atoms with van der Waals surface area (Å²) in [4.78, 5) is 12.2. The van der Waals surface area contributed by atoms with Crippen LogP contribution in [0.2, 0.25) is 0 Å². The minimum absolute atomic E-state index is 0.0337. The van der Waals surface area contributed by atoms with Gasteiger partial charge in [0.15, 0.2) is 0 Å². The van der Waals surface area contributed by atoms with E-state index in [-0.39, 0.29) is 17.2 Å². The van der Waals surface area contributed by atoms with E-state index in [1.807, 2.05) is 0 Å². The van der Waals surface area contributed by atoms with E-state index in [4.69, 9.17) is 5.73 Å². The molecular weight excluding hydrogens is 246 g/mol. The predicted molar refractivity (Wildman–Crippen MR) is 86.0 cm³/mol. The van der Waals surface area contributed by atoms with Gasteiger partial charge >= 0.3 is 0 Å². The summed E-state index contributed by atoms with van der Waals surface area (Å²) < 4.78 is 0. The molecule has 2 nitrogen and oxygen atoms in total. The average molecular weight is 275 g/mol. The zero-order valence-corrected chi connectivity index (χ0v) is 13.8. The number of Topliss-reactive ketones (excluding diaryl/α,β-unsaturated/α-hetero) is 1. The van der Waals surface area contributed by atoms with Crippen LogP contribution in [-0.2, 0) is 11.2 Å². The Kier molecular flexibility index (Phi) is 5.52. The van der Waals surface area contributed by atoms with Crippen molar-refractivity contribution in [2.75, 3.05) is 0 Å². The first kappa shape index (κ1) is 16.9. The number of hydrogen-bond acceptors (Lipinski definition) is 2.